The predicted octanol–water partition coefficient (Wildman–Crippen LogP) is 2.08. The van der Waals surface area contributed by atoms with Gasteiger partial charge in [-0.25, -0.2) is 4.98 Å². The first-order valence-electron chi connectivity index (χ1n) is 8.95. The molecule has 0 saturated carbocycles. The molecule has 1 aromatic heterocycles. The summed E-state index contributed by atoms with van der Waals surface area (Å²) in [4.78, 5) is 40.7. The number of rotatable bonds is 7. The molecule has 0 bridgehead atoms. The lowest BCUT2D eigenvalue weighted by Gasteiger charge is -2.25. The molecule has 0 aliphatic carbocycles. The van der Waals surface area contributed by atoms with Gasteiger partial charge in [-0.2, -0.15) is 0 Å². The quantitative estimate of drug-likeness (QED) is 0.548. The third-order valence-corrected chi connectivity index (χ3v) is 4.81. The summed E-state index contributed by atoms with van der Waals surface area (Å²) in [7, 11) is 0. The van der Waals surface area contributed by atoms with Crippen LogP contribution in [-0.4, -0.2) is 41.1 Å². The van der Waals surface area contributed by atoms with Gasteiger partial charge >= 0.3 is 0 Å². The molecule has 142 valence electrons. The fourth-order valence-electron chi connectivity index (χ4n) is 3.22. The van der Waals surface area contributed by atoms with Gasteiger partial charge < -0.3 is 9.47 Å². The summed E-state index contributed by atoms with van der Waals surface area (Å²) in [6.45, 7) is 3.46. The molecule has 1 unspecified atom stereocenters. The van der Waals surface area contributed by atoms with E-state index >= 15 is 0 Å². The molecule has 1 aliphatic heterocycles. The van der Waals surface area contributed by atoms with Crippen molar-refractivity contribution >= 4 is 12.3 Å². The van der Waals surface area contributed by atoms with E-state index in [-0.39, 0.29) is 18.0 Å². The number of ether oxygens (including phenoxy) is 2. The molecule has 7 nitrogen and oxygen atoms in total. The molecule has 1 atom stereocenters. The van der Waals surface area contributed by atoms with E-state index in [0.29, 0.717) is 25.3 Å². The zero-order valence-electron chi connectivity index (χ0n) is 15.2. The van der Waals surface area contributed by atoms with Crippen LogP contribution in [0.5, 0.6) is 0 Å². The highest BCUT2D eigenvalue weighted by molar-refractivity contribution is 5.99. The van der Waals surface area contributed by atoms with Crippen LogP contribution in [0.1, 0.15) is 35.2 Å². The lowest BCUT2D eigenvalue weighted by molar-refractivity contribution is -0.132. The van der Waals surface area contributed by atoms with E-state index in [1.165, 1.54) is 17.1 Å². The van der Waals surface area contributed by atoms with Crippen molar-refractivity contribution in [3.63, 3.8) is 0 Å². The Morgan fingerprint density at radius 3 is 2.70 bits per heavy atom. The first-order chi connectivity index (χ1) is 13.1. The SMILES string of the molecule is Cc1ccc(-n2cncc(C(=O)C(CC3CCOCC3)OC=O)c2=O)cc1. The predicted molar refractivity (Wildman–Crippen MR) is 98.0 cm³/mol. The summed E-state index contributed by atoms with van der Waals surface area (Å²) in [6, 6.07) is 7.32. The fourth-order valence-corrected chi connectivity index (χ4v) is 3.22. The molecule has 0 N–H and O–H groups in total. The van der Waals surface area contributed by atoms with Crippen molar-refractivity contribution in [1.82, 2.24) is 9.55 Å². The summed E-state index contributed by atoms with van der Waals surface area (Å²) in [5.41, 5.74) is 1.11. The Balaban J connectivity index is 1.87. The zero-order valence-corrected chi connectivity index (χ0v) is 15.2. The molecule has 0 amide bonds. The van der Waals surface area contributed by atoms with Crippen LogP contribution in [0.25, 0.3) is 5.69 Å². The van der Waals surface area contributed by atoms with Gasteiger partial charge in [-0.1, -0.05) is 17.7 Å². The number of nitrogens with zero attached hydrogens (tertiary/aromatic N) is 2. The molecule has 2 heterocycles. The normalized spacial score (nSPS) is 15.9. The summed E-state index contributed by atoms with van der Waals surface area (Å²) in [6.07, 6.45) is 3.59. The van der Waals surface area contributed by atoms with Crippen LogP contribution >= 0.6 is 0 Å². The van der Waals surface area contributed by atoms with Gasteiger partial charge in [-0.05, 0) is 44.2 Å². The van der Waals surface area contributed by atoms with E-state index in [4.69, 9.17) is 9.47 Å². The van der Waals surface area contributed by atoms with Crippen LogP contribution < -0.4 is 5.56 Å². The van der Waals surface area contributed by atoms with Gasteiger partial charge in [0, 0.05) is 19.4 Å². The Bertz CT molecular complexity index is 853. The second-order valence-electron chi connectivity index (χ2n) is 6.69. The molecule has 0 spiro atoms. The molecular weight excluding hydrogens is 348 g/mol. The maximum absolute atomic E-state index is 12.9. The maximum Gasteiger partial charge on any atom is 0.293 e. The lowest BCUT2D eigenvalue weighted by Crippen LogP contribution is -2.34. The van der Waals surface area contributed by atoms with Crippen LogP contribution in [0, 0.1) is 12.8 Å². The standard InChI is InChI=1S/C20H22N2O5/c1-14-2-4-16(5-3-14)22-12-21-11-17(20(22)25)19(24)18(27-13-23)10-15-6-8-26-9-7-15/h2-5,11-13,15,18H,6-10H2,1H3. The molecule has 1 fully saturated rings. The first-order valence-corrected chi connectivity index (χ1v) is 8.95. The molecule has 1 aromatic carbocycles. The van der Waals surface area contributed by atoms with Crippen molar-refractivity contribution in [1.29, 1.82) is 0 Å². The van der Waals surface area contributed by atoms with Crippen LogP contribution in [0.3, 0.4) is 0 Å². The maximum atomic E-state index is 12.9. The second kappa shape index (κ2) is 8.73. The average molecular weight is 370 g/mol. The van der Waals surface area contributed by atoms with Gasteiger partial charge in [-0.3, -0.25) is 19.0 Å². The highest BCUT2D eigenvalue weighted by Gasteiger charge is 2.29. The summed E-state index contributed by atoms with van der Waals surface area (Å²) in [5.74, 6) is -0.309. The lowest BCUT2D eigenvalue weighted by atomic mass is 9.91. The van der Waals surface area contributed by atoms with Gasteiger partial charge in [0.25, 0.3) is 12.0 Å². The first kappa shape index (κ1) is 19.0. The number of carbonyl (C=O) groups excluding carboxylic acids is 2. The number of aryl methyl sites for hydroxylation is 1. The highest BCUT2D eigenvalue weighted by Crippen LogP contribution is 2.22. The van der Waals surface area contributed by atoms with Gasteiger partial charge in [0.05, 0.1) is 5.69 Å². The van der Waals surface area contributed by atoms with Crippen molar-refractivity contribution in [3.8, 4) is 5.69 Å². The van der Waals surface area contributed by atoms with Crippen LogP contribution in [0.2, 0.25) is 0 Å². The van der Waals surface area contributed by atoms with Crippen molar-refractivity contribution in [2.45, 2.75) is 32.3 Å². The zero-order chi connectivity index (χ0) is 19.2. The molecule has 1 saturated heterocycles. The summed E-state index contributed by atoms with van der Waals surface area (Å²) >= 11 is 0. The smallest absolute Gasteiger partial charge is 0.293 e. The van der Waals surface area contributed by atoms with E-state index in [1.807, 2.05) is 19.1 Å². The van der Waals surface area contributed by atoms with E-state index in [9.17, 15) is 14.4 Å². The third kappa shape index (κ3) is 4.49. The fraction of sp³-hybridized carbons (Fsp3) is 0.400. The molecule has 27 heavy (non-hydrogen) atoms. The minimum absolute atomic E-state index is 0.0861. The molecule has 1 aliphatic rings. The highest BCUT2D eigenvalue weighted by atomic mass is 16.5. The number of hydrogen-bond acceptors (Lipinski definition) is 6. The molecule has 0 radical (unpaired) electrons. The minimum atomic E-state index is -0.992. The summed E-state index contributed by atoms with van der Waals surface area (Å²) < 4.78 is 11.7. The third-order valence-electron chi connectivity index (χ3n) is 4.81. The number of hydrogen-bond donors (Lipinski definition) is 0. The summed E-state index contributed by atoms with van der Waals surface area (Å²) in [5, 5.41) is 0. The van der Waals surface area contributed by atoms with Crippen molar-refractivity contribution < 1.29 is 19.1 Å². The Morgan fingerprint density at radius 2 is 2.04 bits per heavy atom. The van der Waals surface area contributed by atoms with Crippen molar-refractivity contribution in [2.24, 2.45) is 5.92 Å². The van der Waals surface area contributed by atoms with Crippen LogP contribution in [0.4, 0.5) is 0 Å². The molecule has 7 heteroatoms. The molecule has 2 aromatic rings. The molecule has 3 rings (SSSR count). The monoisotopic (exact) mass is 370 g/mol. The minimum Gasteiger partial charge on any atom is -0.456 e. The van der Waals surface area contributed by atoms with Crippen molar-refractivity contribution in [2.75, 3.05) is 13.2 Å². The van der Waals surface area contributed by atoms with Crippen LogP contribution in [0.15, 0.2) is 41.6 Å². The Labute approximate surface area is 156 Å². The van der Waals surface area contributed by atoms with Gasteiger partial charge in [0.1, 0.15) is 11.9 Å². The Hall–Kier alpha value is -2.80. The van der Waals surface area contributed by atoms with Crippen LogP contribution in [-0.2, 0) is 14.3 Å². The van der Waals surface area contributed by atoms with Gasteiger partial charge in [-0.15, -0.1) is 0 Å². The largest absolute Gasteiger partial charge is 0.456 e. The number of aromatic nitrogens is 2. The van der Waals surface area contributed by atoms with Crippen molar-refractivity contribution in [3.05, 3.63) is 58.3 Å². The number of carbonyl (C=O) groups is 2. The van der Waals surface area contributed by atoms with Gasteiger partial charge in [0.2, 0.25) is 5.78 Å². The Kier molecular flexibility index (Phi) is 6.13. The average Bonchev–Trinajstić information content (AvgIpc) is 2.69. The number of ketones is 1. The number of Topliss-reactive ketones (excluding diaryl/α,β-unsaturated/α-hetero) is 1. The molecular formula is C20H22N2O5. The van der Waals surface area contributed by atoms with E-state index in [2.05, 4.69) is 4.98 Å². The van der Waals surface area contributed by atoms with E-state index in [0.717, 1.165) is 18.4 Å². The number of benzene rings is 1. The Morgan fingerprint density at radius 1 is 1.33 bits per heavy atom. The topological polar surface area (TPSA) is 87.5 Å². The van der Waals surface area contributed by atoms with E-state index in [1.54, 1.807) is 12.1 Å². The van der Waals surface area contributed by atoms with Gasteiger partial charge in [0.15, 0.2) is 6.10 Å². The second-order valence-corrected chi connectivity index (χ2v) is 6.69. The van der Waals surface area contributed by atoms with E-state index < -0.39 is 17.4 Å².